The highest BCUT2D eigenvalue weighted by molar-refractivity contribution is 7.18. The second-order valence-electron chi connectivity index (χ2n) is 7.01. The maximum absolute atomic E-state index is 12.9. The molecule has 0 fully saturated rings. The summed E-state index contributed by atoms with van der Waals surface area (Å²) in [6.07, 6.45) is 0.0922. The molecule has 0 radical (unpaired) electrons. The van der Waals surface area contributed by atoms with Gasteiger partial charge in [0, 0.05) is 5.69 Å². The van der Waals surface area contributed by atoms with E-state index in [0.717, 1.165) is 16.9 Å². The van der Waals surface area contributed by atoms with Gasteiger partial charge in [-0.1, -0.05) is 12.1 Å². The van der Waals surface area contributed by atoms with Crippen molar-refractivity contribution in [1.29, 1.82) is 0 Å². The first-order valence-electron chi connectivity index (χ1n) is 9.96. The van der Waals surface area contributed by atoms with E-state index in [-0.39, 0.29) is 22.9 Å². The molecule has 9 heteroatoms. The predicted molar refractivity (Wildman–Crippen MR) is 127 cm³/mol. The summed E-state index contributed by atoms with van der Waals surface area (Å²) in [7, 11) is 4.37. The molecule has 0 aliphatic carbocycles. The minimum Gasteiger partial charge on any atom is -0.497 e. The zero-order chi connectivity index (χ0) is 24.0. The van der Waals surface area contributed by atoms with Gasteiger partial charge in [0.25, 0.3) is 5.91 Å². The Morgan fingerprint density at radius 2 is 1.42 bits per heavy atom. The van der Waals surface area contributed by atoms with Gasteiger partial charge >= 0.3 is 5.97 Å². The lowest BCUT2D eigenvalue weighted by Crippen LogP contribution is -2.16. The minimum atomic E-state index is -0.632. The number of hydrogen-bond acceptors (Lipinski definition) is 7. The van der Waals surface area contributed by atoms with Crippen LogP contribution in [0.5, 0.6) is 11.5 Å². The fraction of sp³-hybridized carbons (Fsp3) is 0.208. The molecule has 2 N–H and O–H groups in total. The van der Waals surface area contributed by atoms with Crippen molar-refractivity contribution < 1.29 is 28.6 Å². The monoisotopic (exact) mass is 468 g/mol. The van der Waals surface area contributed by atoms with Crippen LogP contribution in [0.2, 0.25) is 0 Å². The van der Waals surface area contributed by atoms with Crippen LogP contribution in [0.25, 0.3) is 0 Å². The van der Waals surface area contributed by atoms with Crippen LogP contribution in [0.1, 0.15) is 31.2 Å². The molecule has 0 saturated heterocycles. The summed E-state index contributed by atoms with van der Waals surface area (Å²) in [4.78, 5) is 38.2. The van der Waals surface area contributed by atoms with E-state index in [9.17, 15) is 14.4 Å². The predicted octanol–water partition coefficient (Wildman–Crippen LogP) is 4.29. The van der Waals surface area contributed by atoms with Gasteiger partial charge in [-0.15, -0.1) is 11.3 Å². The molecule has 0 spiro atoms. The van der Waals surface area contributed by atoms with Gasteiger partial charge in [0.2, 0.25) is 5.91 Å². The van der Waals surface area contributed by atoms with Crippen molar-refractivity contribution in [2.45, 2.75) is 13.3 Å². The van der Waals surface area contributed by atoms with Gasteiger partial charge in [-0.25, -0.2) is 4.79 Å². The first-order valence-corrected chi connectivity index (χ1v) is 10.8. The highest BCUT2D eigenvalue weighted by atomic mass is 32.1. The summed E-state index contributed by atoms with van der Waals surface area (Å²) >= 11 is 1.02. The molecule has 0 unspecified atom stereocenters. The van der Waals surface area contributed by atoms with Crippen molar-refractivity contribution in [3.8, 4) is 11.5 Å². The third kappa shape index (κ3) is 5.69. The maximum atomic E-state index is 12.9. The molecule has 1 heterocycles. The van der Waals surface area contributed by atoms with Crippen LogP contribution in [-0.2, 0) is 16.0 Å². The largest absolute Gasteiger partial charge is 0.497 e. The van der Waals surface area contributed by atoms with Gasteiger partial charge in [0.1, 0.15) is 16.5 Å². The average molecular weight is 469 g/mol. The van der Waals surface area contributed by atoms with E-state index in [4.69, 9.17) is 14.2 Å². The van der Waals surface area contributed by atoms with Gasteiger partial charge < -0.3 is 24.8 Å². The van der Waals surface area contributed by atoms with Crippen LogP contribution in [0.4, 0.5) is 10.7 Å². The molecule has 2 aromatic carbocycles. The van der Waals surface area contributed by atoms with Crippen LogP contribution in [-0.4, -0.2) is 39.1 Å². The first-order chi connectivity index (χ1) is 15.9. The van der Waals surface area contributed by atoms with Crippen molar-refractivity contribution >= 4 is 39.8 Å². The normalized spacial score (nSPS) is 10.3. The number of ether oxygens (including phenoxy) is 3. The summed E-state index contributed by atoms with van der Waals surface area (Å²) in [5.74, 6) is -0.00665. The van der Waals surface area contributed by atoms with Crippen molar-refractivity contribution in [3.63, 3.8) is 0 Å². The lowest BCUT2D eigenvalue weighted by atomic mass is 10.1. The molecule has 1 aromatic heterocycles. The molecule has 2 amide bonds. The Morgan fingerprint density at radius 3 is 1.97 bits per heavy atom. The number of amides is 2. The molecular weight excluding hydrogens is 444 g/mol. The fourth-order valence-electron chi connectivity index (χ4n) is 3.13. The number of esters is 1. The molecule has 3 aromatic rings. The van der Waals surface area contributed by atoms with Crippen molar-refractivity contribution in [2.24, 2.45) is 0 Å². The van der Waals surface area contributed by atoms with E-state index in [1.807, 2.05) is 0 Å². The van der Waals surface area contributed by atoms with Crippen LogP contribution < -0.4 is 20.1 Å². The Labute approximate surface area is 195 Å². The van der Waals surface area contributed by atoms with E-state index < -0.39 is 11.9 Å². The highest BCUT2D eigenvalue weighted by Gasteiger charge is 2.26. The Bertz CT molecular complexity index is 1150. The van der Waals surface area contributed by atoms with E-state index >= 15 is 0 Å². The number of thiophene rings is 1. The molecule has 0 bridgehead atoms. The highest BCUT2D eigenvalue weighted by Crippen LogP contribution is 2.34. The molecule has 172 valence electrons. The number of anilines is 2. The molecule has 8 nitrogen and oxygen atoms in total. The molecular formula is C24H24N2O6S. The summed E-state index contributed by atoms with van der Waals surface area (Å²) in [6, 6.07) is 14.0. The van der Waals surface area contributed by atoms with Crippen LogP contribution in [0.3, 0.4) is 0 Å². The lowest BCUT2D eigenvalue weighted by Gasteiger charge is -2.07. The molecule has 3 rings (SSSR count). The smallest absolute Gasteiger partial charge is 0.341 e. The van der Waals surface area contributed by atoms with Crippen LogP contribution in [0, 0.1) is 6.92 Å². The van der Waals surface area contributed by atoms with Gasteiger partial charge in [0.15, 0.2) is 0 Å². The third-order valence-corrected chi connectivity index (χ3v) is 6.07. The molecule has 0 aliphatic heterocycles. The number of carbonyl (C=O) groups is 3. The van der Waals surface area contributed by atoms with E-state index in [2.05, 4.69) is 10.6 Å². The maximum Gasteiger partial charge on any atom is 0.341 e. The summed E-state index contributed by atoms with van der Waals surface area (Å²) in [6.45, 7) is 1.64. The van der Waals surface area contributed by atoms with Crippen molar-refractivity contribution in [2.75, 3.05) is 32.0 Å². The Morgan fingerprint density at radius 1 is 0.848 bits per heavy atom. The number of benzene rings is 2. The third-order valence-electron chi connectivity index (χ3n) is 4.87. The number of rotatable bonds is 8. The summed E-state index contributed by atoms with van der Waals surface area (Å²) in [5.41, 5.74) is 1.93. The van der Waals surface area contributed by atoms with E-state index in [1.54, 1.807) is 69.7 Å². The minimum absolute atomic E-state index is 0.0922. The average Bonchev–Trinajstić information content (AvgIpc) is 3.15. The quantitative estimate of drug-likeness (QED) is 0.478. The molecule has 33 heavy (non-hydrogen) atoms. The molecule has 0 aliphatic rings. The number of methoxy groups -OCH3 is 3. The van der Waals surface area contributed by atoms with E-state index in [1.165, 1.54) is 7.11 Å². The SMILES string of the molecule is COC(=O)c1c(NC(=O)Cc2ccc(OC)cc2)sc(C(=O)Nc2ccc(OC)cc2)c1C. The topological polar surface area (TPSA) is 103 Å². The van der Waals surface area contributed by atoms with Gasteiger partial charge in [0.05, 0.1) is 38.2 Å². The standard InChI is InChI=1S/C24H24N2O6S/c1-14-20(24(29)32-4)23(26-19(27)13-15-5-9-17(30-2)10-6-15)33-21(14)22(28)25-16-7-11-18(31-3)12-8-16/h5-12H,13H2,1-4H3,(H,25,28)(H,26,27). The number of carbonyl (C=O) groups excluding carboxylic acids is 3. The molecule has 0 saturated carbocycles. The van der Waals surface area contributed by atoms with Crippen LogP contribution >= 0.6 is 11.3 Å². The second-order valence-corrected chi connectivity index (χ2v) is 8.03. The van der Waals surface area contributed by atoms with Crippen molar-refractivity contribution in [3.05, 3.63) is 70.1 Å². The zero-order valence-corrected chi connectivity index (χ0v) is 19.5. The zero-order valence-electron chi connectivity index (χ0n) is 18.7. The number of nitrogens with one attached hydrogen (secondary N) is 2. The van der Waals surface area contributed by atoms with Gasteiger partial charge in [-0.2, -0.15) is 0 Å². The fourth-order valence-corrected chi connectivity index (χ4v) is 4.23. The Kier molecular flexibility index (Phi) is 7.68. The lowest BCUT2D eigenvalue weighted by molar-refractivity contribution is -0.115. The van der Waals surface area contributed by atoms with Gasteiger partial charge in [-0.3, -0.25) is 9.59 Å². The summed E-state index contributed by atoms with van der Waals surface area (Å²) in [5, 5.41) is 5.80. The van der Waals surface area contributed by atoms with Crippen molar-refractivity contribution in [1.82, 2.24) is 0 Å². The first kappa shape index (κ1) is 23.8. The van der Waals surface area contributed by atoms with Crippen LogP contribution in [0.15, 0.2) is 48.5 Å². The summed E-state index contributed by atoms with van der Waals surface area (Å²) < 4.78 is 15.1. The number of hydrogen-bond donors (Lipinski definition) is 2. The Balaban J connectivity index is 1.81. The van der Waals surface area contributed by atoms with E-state index in [0.29, 0.717) is 27.6 Å². The van der Waals surface area contributed by atoms with Gasteiger partial charge in [-0.05, 0) is 54.4 Å². The second kappa shape index (κ2) is 10.6. The molecule has 0 atom stereocenters. The Hall–Kier alpha value is -3.85.